The van der Waals surface area contributed by atoms with Crippen LogP contribution in [-0.2, 0) is 0 Å². The zero-order chi connectivity index (χ0) is 14.7. The van der Waals surface area contributed by atoms with Crippen LogP contribution in [0.1, 0.15) is 36.5 Å². The minimum atomic E-state index is 0.138. The molecule has 0 saturated carbocycles. The van der Waals surface area contributed by atoms with Crippen molar-refractivity contribution in [1.82, 2.24) is 14.8 Å². The predicted octanol–water partition coefficient (Wildman–Crippen LogP) is 1.82. The number of piperazine rings is 1. The molecule has 2 fully saturated rings. The number of amides is 1. The number of fused-ring (bicyclic) bond motifs is 1. The van der Waals surface area contributed by atoms with Gasteiger partial charge in [0, 0.05) is 38.4 Å². The van der Waals surface area contributed by atoms with Gasteiger partial charge in [-0.25, -0.2) is 0 Å². The maximum atomic E-state index is 12.8. The Hall–Kier alpha value is -1.62. The summed E-state index contributed by atoms with van der Waals surface area (Å²) >= 11 is 0. The molecule has 1 aromatic heterocycles. The topological polar surface area (TPSA) is 48.5 Å². The number of rotatable bonds is 3. The van der Waals surface area contributed by atoms with E-state index in [1.54, 1.807) is 12.4 Å². The molecule has 1 atom stereocenters. The summed E-state index contributed by atoms with van der Waals surface area (Å²) in [6, 6.07) is 2.38. The number of piperidine rings is 1. The average Bonchev–Trinajstić information content (AvgIpc) is 2.54. The van der Waals surface area contributed by atoms with Gasteiger partial charge in [0.25, 0.3) is 5.91 Å². The van der Waals surface area contributed by atoms with Gasteiger partial charge >= 0.3 is 0 Å². The molecular formula is C16H24N4O. The highest BCUT2D eigenvalue weighted by atomic mass is 16.2. The lowest BCUT2D eigenvalue weighted by atomic mass is 9.99. The molecule has 0 radical (unpaired) electrons. The van der Waals surface area contributed by atoms with Crippen LogP contribution in [0.2, 0.25) is 0 Å². The molecule has 0 spiro atoms. The van der Waals surface area contributed by atoms with Gasteiger partial charge in [-0.3, -0.25) is 14.7 Å². The second kappa shape index (κ2) is 6.43. The van der Waals surface area contributed by atoms with E-state index in [1.807, 2.05) is 17.9 Å². The summed E-state index contributed by atoms with van der Waals surface area (Å²) in [5, 5.41) is 3.23. The molecule has 3 rings (SSSR count). The van der Waals surface area contributed by atoms with Crippen molar-refractivity contribution in [3.05, 3.63) is 24.0 Å². The lowest BCUT2D eigenvalue weighted by Gasteiger charge is -2.44. The monoisotopic (exact) mass is 288 g/mol. The number of hydrogen-bond acceptors (Lipinski definition) is 4. The van der Waals surface area contributed by atoms with Gasteiger partial charge < -0.3 is 10.2 Å². The number of carbonyl (C=O) groups is 1. The molecule has 0 aromatic carbocycles. The van der Waals surface area contributed by atoms with Gasteiger partial charge in [0.1, 0.15) is 0 Å². The van der Waals surface area contributed by atoms with Crippen molar-refractivity contribution in [3.8, 4) is 0 Å². The average molecular weight is 288 g/mol. The van der Waals surface area contributed by atoms with E-state index >= 15 is 0 Å². The molecule has 1 aromatic rings. The highest BCUT2D eigenvalue weighted by molar-refractivity contribution is 5.99. The quantitative estimate of drug-likeness (QED) is 0.922. The zero-order valence-electron chi connectivity index (χ0n) is 12.7. The Balaban J connectivity index is 1.73. The number of anilines is 1. The van der Waals surface area contributed by atoms with E-state index in [0.717, 1.165) is 37.4 Å². The lowest BCUT2D eigenvalue weighted by molar-refractivity contribution is 0.0373. The summed E-state index contributed by atoms with van der Waals surface area (Å²) in [6.45, 7) is 6.74. The van der Waals surface area contributed by atoms with Crippen molar-refractivity contribution in [2.75, 3.05) is 38.0 Å². The van der Waals surface area contributed by atoms with Crippen LogP contribution in [0.3, 0.4) is 0 Å². The molecule has 5 nitrogen and oxygen atoms in total. The zero-order valence-corrected chi connectivity index (χ0v) is 12.7. The maximum absolute atomic E-state index is 12.8. The molecule has 2 saturated heterocycles. The van der Waals surface area contributed by atoms with Gasteiger partial charge in [0.15, 0.2) is 0 Å². The van der Waals surface area contributed by atoms with E-state index in [-0.39, 0.29) is 5.91 Å². The summed E-state index contributed by atoms with van der Waals surface area (Å²) in [4.78, 5) is 21.5. The number of aromatic nitrogens is 1. The fraction of sp³-hybridized carbons (Fsp3) is 0.625. The summed E-state index contributed by atoms with van der Waals surface area (Å²) in [5.41, 5.74) is 1.59. The fourth-order valence-corrected chi connectivity index (χ4v) is 3.42. The van der Waals surface area contributed by atoms with E-state index < -0.39 is 0 Å². The highest BCUT2D eigenvalue weighted by Gasteiger charge is 2.31. The molecule has 1 N–H and O–H groups in total. The van der Waals surface area contributed by atoms with Crippen molar-refractivity contribution >= 4 is 11.6 Å². The molecular weight excluding hydrogens is 264 g/mol. The van der Waals surface area contributed by atoms with Crippen LogP contribution >= 0.6 is 0 Å². The molecule has 114 valence electrons. The number of nitrogens with zero attached hydrogens (tertiary/aromatic N) is 3. The Labute approximate surface area is 126 Å². The van der Waals surface area contributed by atoms with E-state index in [4.69, 9.17) is 0 Å². The van der Waals surface area contributed by atoms with Crippen LogP contribution in [0.25, 0.3) is 0 Å². The van der Waals surface area contributed by atoms with Crippen LogP contribution in [0, 0.1) is 0 Å². The Kier molecular flexibility index (Phi) is 4.39. The van der Waals surface area contributed by atoms with E-state index in [0.29, 0.717) is 6.04 Å². The maximum Gasteiger partial charge on any atom is 0.256 e. The molecule has 1 unspecified atom stereocenters. The van der Waals surface area contributed by atoms with Gasteiger partial charge in [-0.05, 0) is 32.4 Å². The van der Waals surface area contributed by atoms with Crippen LogP contribution in [-0.4, -0.2) is 59.5 Å². The van der Waals surface area contributed by atoms with Gasteiger partial charge in [0.05, 0.1) is 17.4 Å². The van der Waals surface area contributed by atoms with Crippen molar-refractivity contribution in [3.63, 3.8) is 0 Å². The Morgan fingerprint density at radius 2 is 2.29 bits per heavy atom. The minimum Gasteiger partial charge on any atom is -0.383 e. The fourth-order valence-electron chi connectivity index (χ4n) is 3.42. The standard InChI is InChI=1S/C16H24N4O/c1-2-18-15-11-17-7-6-14(15)16(21)20-10-9-19-8-4-3-5-13(19)12-20/h6-7,11,13,18H,2-5,8-10,12H2,1H3. The first kappa shape index (κ1) is 14.3. The van der Waals surface area contributed by atoms with Crippen LogP contribution in [0.5, 0.6) is 0 Å². The van der Waals surface area contributed by atoms with Gasteiger partial charge in [0.2, 0.25) is 0 Å². The lowest BCUT2D eigenvalue weighted by Crippen LogP contribution is -2.56. The Morgan fingerprint density at radius 1 is 1.38 bits per heavy atom. The third kappa shape index (κ3) is 3.02. The van der Waals surface area contributed by atoms with Crippen molar-refractivity contribution < 1.29 is 4.79 Å². The molecule has 2 aliphatic rings. The van der Waals surface area contributed by atoms with E-state index in [9.17, 15) is 4.79 Å². The normalized spacial score (nSPS) is 22.7. The molecule has 21 heavy (non-hydrogen) atoms. The summed E-state index contributed by atoms with van der Waals surface area (Å²) in [7, 11) is 0. The molecule has 5 heteroatoms. The minimum absolute atomic E-state index is 0.138. The Morgan fingerprint density at radius 3 is 3.14 bits per heavy atom. The third-order valence-corrected chi connectivity index (χ3v) is 4.54. The molecule has 0 bridgehead atoms. The summed E-state index contributed by atoms with van der Waals surface area (Å²) < 4.78 is 0. The van der Waals surface area contributed by atoms with Crippen molar-refractivity contribution in [2.24, 2.45) is 0 Å². The number of nitrogens with one attached hydrogen (secondary N) is 1. The van der Waals surface area contributed by atoms with Gasteiger partial charge in [-0.1, -0.05) is 6.42 Å². The second-order valence-electron chi connectivity index (χ2n) is 5.89. The van der Waals surface area contributed by atoms with Crippen molar-refractivity contribution in [2.45, 2.75) is 32.2 Å². The molecule has 2 aliphatic heterocycles. The number of pyridine rings is 1. The second-order valence-corrected chi connectivity index (χ2v) is 5.89. The smallest absolute Gasteiger partial charge is 0.256 e. The first-order valence-corrected chi connectivity index (χ1v) is 8.01. The van der Waals surface area contributed by atoms with Crippen LogP contribution < -0.4 is 5.32 Å². The molecule has 0 aliphatic carbocycles. The summed E-state index contributed by atoms with van der Waals surface area (Å²) in [5.74, 6) is 0.138. The largest absolute Gasteiger partial charge is 0.383 e. The Bertz CT molecular complexity index is 505. The van der Waals surface area contributed by atoms with E-state index in [2.05, 4.69) is 15.2 Å². The molecule has 3 heterocycles. The van der Waals surface area contributed by atoms with E-state index in [1.165, 1.54) is 25.8 Å². The van der Waals surface area contributed by atoms with Crippen LogP contribution in [0.15, 0.2) is 18.5 Å². The first-order valence-electron chi connectivity index (χ1n) is 8.01. The van der Waals surface area contributed by atoms with Crippen LogP contribution in [0.4, 0.5) is 5.69 Å². The molecule has 1 amide bonds. The highest BCUT2D eigenvalue weighted by Crippen LogP contribution is 2.23. The summed E-state index contributed by atoms with van der Waals surface area (Å²) in [6.07, 6.45) is 7.26. The van der Waals surface area contributed by atoms with Gasteiger partial charge in [-0.15, -0.1) is 0 Å². The number of carbonyl (C=O) groups excluding carboxylic acids is 1. The first-order chi connectivity index (χ1) is 10.3. The van der Waals surface area contributed by atoms with Crippen molar-refractivity contribution in [1.29, 1.82) is 0 Å². The SMILES string of the molecule is CCNc1cnccc1C(=O)N1CCN2CCCCC2C1. The van der Waals surface area contributed by atoms with Gasteiger partial charge in [-0.2, -0.15) is 0 Å². The predicted molar refractivity (Wildman–Crippen MR) is 83.5 cm³/mol. The third-order valence-electron chi connectivity index (χ3n) is 4.54. The number of hydrogen-bond donors (Lipinski definition) is 1.